The number of esters is 1. The van der Waals surface area contributed by atoms with Crippen LogP contribution in [0.4, 0.5) is 10.9 Å². The number of carbonyl (C=O) groups is 2. The Labute approximate surface area is 312 Å². The summed E-state index contributed by atoms with van der Waals surface area (Å²) in [6.07, 6.45) is 2.48. The first-order chi connectivity index (χ1) is 25.6. The van der Waals surface area contributed by atoms with Gasteiger partial charge in [-0.25, -0.2) is 14.8 Å². The van der Waals surface area contributed by atoms with Gasteiger partial charge < -0.3 is 19.1 Å². The standard InChI is InChI=1S/C41H42N6O5S/c1-26-31(23-42-47(26)24-28-11-6-8-15-34(28)51-22-21-50-5)29-17-18-36(44-37(29)39(49)52-41(2,3)4)46-20-19-27-12-10-13-30(32(27)25-46)38(48)45-40-43-33-14-7-9-16-35(33)53-40/h6-18,23H,19-22,24-25H2,1-5H3,(H,43,45,48). The van der Waals surface area contributed by atoms with Crippen LogP contribution in [0.25, 0.3) is 21.3 Å². The van der Waals surface area contributed by atoms with Gasteiger partial charge in [-0.15, -0.1) is 0 Å². The molecule has 0 unspecified atom stereocenters. The van der Waals surface area contributed by atoms with E-state index in [0.29, 0.717) is 61.3 Å². The van der Waals surface area contributed by atoms with E-state index in [1.165, 1.54) is 11.3 Å². The highest BCUT2D eigenvalue weighted by molar-refractivity contribution is 7.22. The fourth-order valence-corrected chi connectivity index (χ4v) is 7.31. The van der Waals surface area contributed by atoms with E-state index in [1.807, 2.05) is 105 Å². The average molecular weight is 731 g/mol. The number of para-hydroxylation sites is 2. The van der Waals surface area contributed by atoms with Crippen LogP contribution in [0.15, 0.2) is 85.1 Å². The number of methoxy groups -OCH3 is 1. The number of amides is 1. The third-order valence-electron chi connectivity index (χ3n) is 9.06. The van der Waals surface area contributed by atoms with Crippen LogP contribution in [0.2, 0.25) is 0 Å². The molecule has 12 heteroatoms. The quantitative estimate of drug-likeness (QED) is 0.106. The summed E-state index contributed by atoms with van der Waals surface area (Å²) < 4.78 is 19.9. The second kappa shape index (κ2) is 15.2. The van der Waals surface area contributed by atoms with Crippen LogP contribution in [-0.4, -0.2) is 64.1 Å². The molecule has 1 N–H and O–H groups in total. The number of nitrogens with one attached hydrogen (secondary N) is 1. The summed E-state index contributed by atoms with van der Waals surface area (Å²) in [5.41, 5.74) is 6.19. The SMILES string of the molecule is COCCOc1ccccc1Cn1ncc(-c2ccc(N3CCc4cccc(C(=O)Nc5nc6ccccc6s5)c4C3)nc2C(=O)OC(C)(C)C)c1C. The van der Waals surface area contributed by atoms with Gasteiger partial charge in [-0.2, -0.15) is 5.10 Å². The first-order valence-corrected chi connectivity index (χ1v) is 18.4. The Morgan fingerprint density at radius 1 is 0.925 bits per heavy atom. The molecule has 0 atom stereocenters. The van der Waals surface area contributed by atoms with Crippen LogP contribution >= 0.6 is 11.3 Å². The van der Waals surface area contributed by atoms with Crippen LogP contribution in [0.1, 0.15) is 64.0 Å². The van der Waals surface area contributed by atoms with Gasteiger partial charge in [0.1, 0.15) is 23.8 Å². The zero-order valence-electron chi connectivity index (χ0n) is 30.5. The van der Waals surface area contributed by atoms with E-state index in [0.717, 1.165) is 43.9 Å². The van der Waals surface area contributed by atoms with Crippen molar-refractivity contribution in [1.82, 2.24) is 19.7 Å². The molecule has 4 heterocycles. The van der Waals surface area contributed by atoms with E-state index in [2.05, 4.69) is 21.3 Å². The summed E-state index contributed by atoms with van der Waals surface area (Å²) in [6, 6.07) is 25.3. The number of rotatable bonds is 11. The Bertz CT molecular complexity index is 2260. The number of anilines is 2. The monoisotopic (exact) mass is 730 g/mol. The second-order valence-electron chi connectivity index (χ2n) is 13.9. The molecule has 0 aliphatic carbocycles. The van der Waals surface area contributed by atoms with Crippen molar-refractivity contribution in [3.8, 4) is 16.9 Å². The normalized spacial score (nSPS) is 12.8. The topological polar surface area (TPSA) is 121 Å². The first kappa shape index (κ1) is 35.8. The van der Waals surface area contributed by atoms with E-state index < -0.39 is 11.6 Å². The number of ether oxygens (including phenoxy) is 3. The molecule has 11 nitrogen and oxygen atoms in total. The molecule has 1 amide bonds. The maximum Gasteiger partial charge on any atom is 0.358 e. The van der Waals surface area contributed by atoms with E-state index in [1.54, 1.807) is 13.3 Å². The number of fused-ring (bicyclic) bond motifs is 2. The van der Waals surface area contributed by atoms with Crippen molar-refractivity contribution in [2.24, 2.45) is 0 Å². The predicted molar refractivity (Wildman–Crippen MR) is 207 cm³/mol. The van der Waals surface area contributed by atoms with Gasteiger partial charge in [-0.3, -0.25) is 14.8 Å². The fourth-order valence-electron chi connectivity index (χ4n) is 6.45. The maximum absolute atomic E-state index is 13.8. The number of aromatic nitrogens is 4. The zero-order chi connectivity index (χ0) is 37.1. The minimum absolute atomic E-state index is 0.205. The van der Waals surface area contributed by atoms with Crippen molar-refractivity contribution in [1.29, 1.82) is 0 Å². The summed E-state index contributed by atoms with van der Waals surface area (Å²) in [5.74, 6) is 0.652. The molecule has 1 aliphatic rings. The molecule has 0 saturated carbocycles. The second-order valence-corrected chi connectivity index (χ2v) is 14.9. The van der Waals surface area contributed by atoms with Gasteiger partial charge in [0, 0.05) is 48.1 Å². The molecule has 0 saturated heterocycles. The van der Waals surface area contributed by atoms with Crippen molar-refractivity contribution in [2.45, 2.75) is 52.8 Å². The lowest BCUT2D eigenvalue weighted by molar-refractivity contribution is 0.00638. The molecular formula is C41H42N6O5S. The van der Waals surface area contributed by atoms with E-state index >= 15 is 0 Å². The Morgan fingerprint density at radius 2 is 1.74 bits per heavy atom. The Balaban J connectivity index is 1.17. The molecule has 272 valence electrons. The zero-order valence-corrected chi connectivity index (χ0v) is 31.3. The molecule has 0 spiro atoms. The number of hydrogen-bond donors (Lipinski definition) is 1. The predicted octanol–water partition coefficient (Wildman–Crippen LogP) is 7.71. The Hall–Kier alpha value is -5.59. The van der Waals surface area contributed by atoms with Gasteiger partial charge in [0.05, 0.1) is 29.6 Å². The maximum atomic E-state index is 13.8. The number of thiazole rings is 1. The number of benzene rings is 3. The smallest absolute Gasteiger partial charge is 0.358 e. The molecule has 0 radical (unpaired) electrons. The van der Waals surface area contributed by atoms with Crippen molar-refractivity contribution in [2.75, 3.05) is 37.1 Å². The summed E-state index contributed by atoms with van der Waals surface area (Å²) in [6.45, 7) is 10.0. The molecule has 1 aliphatic heterocycles. The molecule has 6 aromatic rings. The Kier molecular flexibility index (Phi) is 10.3. The summed E-state index contributed by atoms with van der Waals surface area (Å²) in [7, 11) is 1.64. The van der Waals surface area contributed by atoms with Crippen LogP contribution in [0, 0.1) is 6.92 Å². The van der Waals surface area contributed by atoms with Crippen LogP contribution in [0.5, 0.6) is 5.75 Å². The summed E-state index contributed by atoms with van der Waals surface area (Å²) in [4.78, 5) is 39.1. The fraction of sp³-hybridized carbons (Fsp3) is 0.293. The van der Waals surface area contributed by atoms with Gasteiger partial charge in [0.15, 0.2) is 10.8 Å². The van der Waals surface area contributed by atoms with E-state index in [9.17, 15) is 9.59 Å². The minimum Gasteiger partial charge on any atom is -0.491 e. The highest BCUT2D eigenvalue weighted by atomic mass is 32.1. The van der Waals surface area contributed by atoms with Crippen LogP contribution in [-0.2, 0) is 29.0 Å². The van der Waals surface area contributed by atoms with Crippen LogP contribution < -0.4 is 15.0 Å². The van der Waals surface area contributed by atoms with Crippen LogP contribution in [0.3, 0.4) is 0 Å². The minimum atomic E-state index is -0.729. The summed E-state index contributed by atoms with van der Waals surface area (Å²) >= 11 is 1.45. The van der Waals surface area contributed by atoms with Gasteiger partial charge >= 0.3 is 5.97 Å². The van der Waals surface area contributed by atoms with Gasteiger partial charge in [-0.1, -0.05) is 53.8 Å². The first-order valence-electron chi connectivity index (χ1n) is 17.6. The molecule has 0 bridgehead atoms. The molecule has 7 rings (SSSR count). The lowest BCUT2D eigenvalue weighted by Gasteiger charge is -2.31. The van der Waals surface area contributed by atoms with E-state index in [-0.39, 0.29) is 11.6 Å². The van der Waals surface area contributed by atoms with Gasteiger partial charge in [0.25, 0.3) is 5.91 Å². The number of pyridine rings is 1. The van der Waals surface area contributed by atoms with Gasteiger partial charge in [0.2, 0.25) is 0 Å². The molecule has 3 aromatic carbocycles. The number of carbonyl (C=O) groups excluding carboxylic acids is 2. The van der Waals surface area contributed by atoms with Gasteiger partial charge in [-0.05, 0) is 81.6 Å². The lowest BCUT2D eigenvalue weighted by atomic mass is 9.94. The van der Waals surface area contributed by atoms with Crippen molar-refractivity contribution >= 4 is 44.4 Å². The highest BCUT2D eigenvalue weighted by Crippen LogP contribution is 2.33. The Morgan fingerprint density at radius 3 is 2.55 bits per heavy atom. The molecule has 3 aromatic heterocycles. The molecular weight excluding hydrogens is 689 g/mol. The van der Waals surface area contributed by atoms with E-state index in [4.69, 9.17) is 24.3 Å². The van der Waals surface area contributed by atoms with Crippen molar-refractivity contribution in [3.63, 3.8) is 0 Å². The third kappa shape index (κ3) is 7.93. The lowest BCUT2D eigenvalue weighted by Crippen LogP contribution is -2.33. The number of nitrogens with zero attached hydrogens (tertiary/aromatic N) is 5. The molecule has 53 heavy (non-hydrogen) atoms. The third-order valence-corrected chi connectivity index (χ3v) is 10.0. The largest absolute Gasteiger partial charge is 0.491 e. The highest BCUT2D eigenvalue weighted by Gasteiger charge is 2.28. The van der Waals surface area contributed by atoms with Crippen molar-refractivity contribution in [3.05, 3.63) is 119 Å². The number of hydrogen-bond acceptors (Lipinski definition) is 10. The molecule has 0 fully saturated rings. The van der Waals surface area contributed by atoms with Crippen molar-refractivity contribution < 1.29 is 23.8 Å². The average Bonchev–Trinajstić information content (AvgIpc) is 3.72. The summed E-state index contributed by atoms with van der Waals surface area (Å²) in [5, 5.41) is 8.28.